The summed E-state index contributed by atoms with van der Waals surface area (Å²) in [5.74, 6) is 0.509. The molecule has 1 saturated heterocycles. The summed E-state index contributed by atoms with van der Waals surface area (Å²) in [7, 11) is -1.80. The van der Waals surface area contributed by atoms with E-state index < -0.39 is 15.5 Å². The zero-order valence-electron chi connectivity index (χ0n) is 16.2. The number of guanidine groups is 1. The Kier molecular flexibility index (Phi) is 8.56. The second-order valence-corrected chi connectivity index (χ2v) is 8.40. The molecule has 1 aromatic heterocycles. The zero-order chi connectivity index (χ0) is 20.4. The first-order valence-electron chi connectivity index (χ1n) is 8.50. The number of aliphatic imine (C=N–C) groups is 1. The Bertz CT molecular complexity index is 801. The predicted molar refractivity (Wildman–Crippen MR) is 111 cm³/mol. The lowest BCUT2D eigenvalue weighted by Gasteiger charge is -2.32. The molecule has 0 saturated carbocycles. The third-order valence-electron chi connectivity index (χ3n) is 4.74. The van der Waals surface area contributed by atoms with Crippen LogP contribution in [0.25, 0.3) is 0 Å². The maximum Gasteiger partial charge on any atom is 0.511 e. The zero-order valence-corrected chi connectivity index (χ0v) is 19.3. The number of sulfonamides is 1. The number of hydrogen-bond donors (Lipinski definition) is 2. The third kappa shape index (κ3) is 5.49. The van der Waals surface area contributed by atoms with Crippen LogP contribution in [0.2, 0.25) is 0 Å². The number of aromatic nitrogens is 2. The number of rotatable bonds is 4. The molecule has 0 radical (unpaired) electrons. The Morgan fingerprint density at radius 1 is 1.29 bits per heavy atom. The topological polar surface area (TPSA) is 91.6 Å². The van der Waals surface area contributed by atoms with Crippen LogP contribution < -0.4 is 10.6 Å². The first kappa shape index (κ1) is 24.9. The highest BCUT2D eigenvalue weighted by Crippen LogP contribution is 2.28. The summed E-state index contributed by atoms with van der Waals surface area (Å²) in [6, 6.07) is -0.160. The molecule has 2 N–H and O–H groups in total. The van der Waals surface area contributed by atoms with Gasteiger partial charge in [-0.25, -0.2) is 8.42 Å². The average molecular weight is 538 g/mol. The van der Waals surface area contributed by atoms with Gasteiger partial charge in [0.1, 0.15) is 0 Å². The maximum atomic E-state index is 12.6. The Hall–Kier alpha value is -1.09. The molecule has 1 fully saturated rings. The monoisotopic (exact) mass is 538 g/mol. The second-order valence-electron chi connectivity index (χ2n) is 6.47. The molecule has 162 valence electrons. The largest absolute Gasteiger partial charge is 0.511 e. The summed E-state index contributed by atoms with van der Waals surface area (Å²) < 4.78 is 63.1. The predicted octanol–water partition coefficient (Wildman–Crippen LogP) is 1.63. The molecular weight excluding hydrogens is 512 g/mol. The minimum absolute atomic E-state index is 0. The van der Waals surface area contributed by atoms with Crippen molar-refractivity contribution in [2.75, 3.05) is 20.1 Å². The summed E-state index contributed by atoms with van der Waals surface area (Å²) in [5.41, 5.74) is -2.28. The molecule has 0 aromatic carbocycles. The van der Waals surface area contributed by atoms with Crippen molar-refractivity contribution < 1.29 is 21.6 Å². The lowest BCUT2D eigenvalue weighted by atomic mass is 10.1. The molecule has 0 aliphatic carbocycles. The van der Waals surface area contributed by atoms with E-state index in [0.29, 0.717) is 16.8 Å². The van der Waals surface area contributed by atoms with Gasteiger partial charge in [-0.2, -0.15) is 22.6 Å². The highest BCUT2D eigenvalue weighted by Gasteiger charge is 2.50. The van der Waals surface area contributed by atoms with Crippen molar-refractivity contribution in [1.82, 2.24) is 24.7 Å². The second kappa shape index (κ2) is 9.61. The van der Waals surface area contributed by atoms with Gasteiger partial charge in [-0.3, -0.25) is 9.67 Å². The van der Waals surface area contributed by atoms with E-state index in [4.69, 9.17) is 0 Å². The first-order valence-corrected chi connectivity index (χ1v) is 9.94. The Balaban J connectivity index is 0.00000392. The van der Waals surface area contributed by atoms with E-state index in [-0.39, 0.29) is 55.9 Å². The summed E-state index contributed by atoms with van der Waals surface area (Å²) in [6.07, 6.45) is 0.530. The van der Waals surface area contributed by atoms with Crippen molar-refractivity contribution in [2.24, 2.45) is 12.0 Å². The van der Waals surface area contributed by atoms with Gasteiger partial charge in [0, 0.05) is 51.0 Å². The molecule has 1 aliphatic rings. The van der Waals surface area contributed by atoms with E-state index in [1.165, 1.54) is 0 Å². The van der Waals surface area contributed by atoms with Crippen molar-refractivity contribution in [3.8, 4) is 0 Å². The van der Waals surface area contributed by atoms with E-state index in [0.717, 1.165) is 17.0 Å². The Morgan fingerprint density at radius 2 is 1.86 bits per heavy atom. The minimum Gasteiger partial charge on any atom is -0.354 e. The Labute approximate surface area is 180 Å². The van der Waals surface area contributed by atoms with E-state index in [1.54, 1.807) is 11.7 Å². The summed E-state index contributed by atoms with van der Waals surface area (Å²) in [4.78, 5) is 4.13. The number of alkyl halides is 3. The Morgan fingerprint density at radius 3 is 2.29 bits per heavy atom. The molecule has 0 bridgehead atoms. The molecule has 0 unspecified atom stereocenters. The fraction of sp³-hybridized carbons (Fsp3) is 0.733. The van der Waals surface area contributed by atoms with Gasteiger partial charge in [-0.1, -0.05) is 0 Å². The normalized spacial score (nSPS) is 17.3. The molecule has 2 rings (SSSR count). The van der Waals surface area contributed by atoms with Crippen molar-refractivity contribution >= 4 is 40.0 Å². The summed E-state index contributed by atoms with van der Waals surface area (Å²) >= 11 is 0. The third-order valence-corrected chi connectivity index (χ3v) is 6.37. The van der Waals surface area contributed by atoms with Crippen LogP contribution in [0.4, 0.5) is 13.2 Å². The van der Waals surface area contributed by atoms with Crippen LogP contribution in [0.3, 0.4) is 0 Å². The van der Waals surface area contributed by atoms with Gasteiger partial charge in [0.25, 0.3) is 0 Å². The summed E-state index contributed by atoms with van der Waals surface area (Å²) in [6.45, 7) is 4.02. The van der Waals surface area contributed by atoms with Crippen LogP contribution in [0.5, 0.6) is 0 Å². The molecular formula is C15H26F3IN6O2S. The SMILES string of the molecule is CN=C(NCc1c(C)nn(C)c1C)NC1CCN(S(=O)(=O)C(F)(F)F)CC1.I. The quantitative estimate of drug-likeness (QED) is 0.346. The molecule has 13 heteroatoms. The lowest BCUT2D eigenvalue weighted by molar-refractivity contribution is -0.0494. The smallest absolute Gasteiger partial charge is 0.354 e. The van der Waals surface area contributed by atoms with Gasteiger partial charge in [0.15, 0.2) is 5.96 Å². The van der Waals surface area contributed by atoms with Crippen molar-refractivity contribution in [1.29, 1.82) is 0 Å². The van der Waals surface area contributed by atoms with Gasteiger partial charge >= 0.3 is 15.5 Å². The van der Waals surface area contributed by atoms with E-state index in [1.807, 2.05) is 20.9 Å². The van der Waals surface area contributed by atoms with Gasteiger partial charge in [0.2, 0.25) is 0 Å². The molecule has 1 aliphatic heterocycles. The first-order chi connectivity index (χ1) is 12.5. The lowest BCUT2D eigenvalue weighted by Crippen LogP contribution is -2.51. The van der Waals surface area contributed by atoms with Crippen LogP contribution in [0.1, 0.15) is 29.8 Å². The van der Waals surface area contributed by atoms with E-state index in [9.17, 15) is 21.6 Å². The highest BCUT2D eigenvalue weighted by molar-refractivity contribution is 14.0. The number of hydrogen-bond acceptors (Lipinski definition) is 4. The van der Waals surface area contributed by atoms with Crippen LogP contribution >= 0.6 is 24.0 Å². The van der Waals surface area contributed by atoms with Gasteiger partial charge < -0.3 is 10.6 Å². The summed E-state index contributed by atoms with van der Waals surface area (Å²) in [5, 5.41) is 10.7. The highest BCUT2D eigenvalue weighted by atomic mass is 127. The van der Waals surface area contributed by atoms with E-state index in [2.05, 4.69) is 20.7 Å². The molecule has 0 amide bonds. The average Bonchev–Trinajstić information content (AvgIpc) is 2.83. The molecule has 0 spiro atoms. The number of nitrogens with one attached hydrogen (secondary N) is 2. The number of aryl methyl sites for hydroxylation is 2. The maximum absolute atomic E-state index is 12.6. The number of nitrogens with zero attached hydrogens (tertiary/aromatic N) is 4. The van der Waals surface area contributed by atoms with Crippen molar-refractivity contribution in [3.63, 3.8) is 0 Å². The van der Waals surface area contributed by atoms with Crippen LogP contribution in [-0.4, -0.2) is 60.2 Å². The van der Waals surface area contributed by atoms with Crippen molar-refractivity contribution in [2.45, 2.75) is 44.8 Å². The molecule has 8 nitrogen and oxygen atoms in total. The number of halogens is 4. The molecule has 28 heavy (non-hydrogen) atoms. The van der Waals surface area contributed by atoms with Gasteiger partial charge in [-0.15, -0.1) is 24.0 Å². The van der Waals surface area contributed by atoms with Gasteiger partial charge in [-0.05, 0) is 26.7 Å². The molecule has 1 aromatic rings. The number of piperidine rings is 1. The fourth-order valence-corrected chi connectivity index (χ4v) is 4.00. The van der Waals surface area contributed by atoms with Crippen LogP contribution in [-0.2, 0) is 23.6 Å². The van der Waals surface area contributed by atoms with E-state index >= 15 is 0 Å². The van der Waals surface area contributed by atoms with Crippen molar-refractivity contribution in [3.05, 3.63) is 17.0 Å². The van der Waals surface area contributed by atoms with Gasteiger partial charge in [0.05, 0.1) is 5.69 Å². The fourth-order valence-electron chi connectivity index (χ4n) is 3.02. The minimum atomic E-state index is -5.26. The standard InChI is InChI=1S/C15H25F3N6O2S.HI/c1-10-13(11(2)23(4)22-10)9-20-14(19-3)21-12-5-7-24(8-6-12)27(25,26)15(16,17)18;/h12H,5-9H2,1-4H3,(H2,19,20,21);1H. The molecule has 2 heterocycles. The van der Waals surface area contributed by atoms with Crippen LogP contribution in [0.15, 0.2) is 4.99 Å². The molecule has 0 atom stereocenters. The van der Waals surface area contributed by atoms with Crippen LogP contribution in [0, 0.1) is 13.8 Å².